The Morgan fingerprint density at radius 2 is 1.85 bits per heavy atom. The number of hydrogen-bond donors (Lipinski definition) is 2. The van der Waals surface area contributed by atoms with Crippen molar-refractivity contribution in [2.75, 3.05) is 10.6 Å². The Balaban J connectivity index is 1.67. The molecule has 0 radical (unpaired) electrons. The van der Waals surface area contributed by atoms with Gasteiger partial charge in [0.2, 0.25) is 11.8 Å². The molecule has 2 N–H and O–H groups in total. The molecule has 7 heteroatoms. The Labute approximate surface area is 160 Å². The van der Waals surface area contributed by atoms with Crippen molar-refractivity contribution in [1.29, 1.82) is 0 Å². The highest BCUT2D eigenvalue weighted by atomic mass is 35.5. The molecule has 0 aliphatic heterocycles. The predicted octanol–water partition coefficient (Wildman–Crippen LogP) is 4.60. The van der Waals surface area contributed by atoms with E-state index in [9.17, 15) is 9.59 Å². The van der Waals surface area contributed by atoms with E-state index in [4.69, 9.17) is 11.6 Å². The first kappa shape index (κ1) is 18.1. The molecule has 2 aromatic carbocycles. The van der Waals surface area contributed by atoms with Crippen LogP contribution in [0.5, 0.6) is 0 Å². The molecular weight excluding hydrogens is 370 g/mol. The summed E-state index contributed by atoms with van der Waals surface area (Å²) in [5.41, 5.74) is 3.00. The SMILES string of the molecule is CC(=O)Nc1cccc(-c2nc(CC(=O)Nc3ccc(Cl)cc3)cs2)c1. The maximum atomic E-state index is 12.2. The standard InChI is InChI=1S/C19H16ClN3O2S/c1-12(24)21-16-4-2-3-13(9-16)19-23-17(11-26-19)10-18(25)22-15-7-5-14(20)6-8-15/h2-9,11H,10H2,1H3,(H,21,24)(H,22,25). The summed E-state index contributed by atoms with van der Waals surface area (Å²) in [5.74, 6) is -0.267. The summed E-state index contributed by atoms with van der Waals surface area (Å²) in [6.07, 6.45) is 0.185. The number of rotatable bonds is 5. The van der Waals surface area contributed by atoms with Crippen LogP contribution in [0.2, 0.25) is 5.02 Å². The number of hydrogen-bond acceptors (Lipinski definition) is 4. The van der Waals surface area contributed by atoms with E-state index in [0.717, 1.165) is 10.6 Å². The smallest absolute Gasteiger partial charge is 0.230 e. The Kier molecular flexibility index (Phi) is 5.65. The second-order valence-corrected chi connectivity index (χ2v) is 6.93. The van der Waals surface area contributed by atoms with Crippen LogP contribution in [0.3, 0.4) is 0 Å². The van der Waals surface area contributed by atoms with Gasteiger partial charge in [-0.2, -0.15) is 0 Å². The Morgan fingerprint density at radius 3 is 2.58 bits per heavy atom. The van der Waals surface area contributed by atoms with Crippen molar-refractivity contribution < 1.29 is 9.59 Å². The van der Waals surface area contributed by atoms with Crippen LogP contribution in [-0.2, 0) is 16.0 Å². The van der Waals surface area contributed by atoms with E-state index in [2.05, 4.69) is 15.6 Å². The number of amides is 2. The maximum absolute atomic E-state index is 12.2. The zero-order valence-corrected chi connectivity index (χ0v) is 15.5. The highest BCUT2D eigenvalue weighted by molar-refractivity contribution is 7.13. The van der Waals surface area contributed by atoms with E-state index in [1.54, 1.807) is 24.3 Å². The number of thiazole rings is 1. The molecule has 0 atom stereocenters. The normalized spacial score (nSPS) is 10.4. The van der Waals surface area contributed by atoms with Crippen LogP contribution < -0.4 is 10.6 Å². The molecule has 132 valence electrons. The topological polar surface area (TPSA) is 71.1 Å². The van der Waals surface area contributed by atoms with Crippen LogP contribution >= 0.6 is 22.9 Å². The summed E-state index contributed by atoms with van der Waals surface area (Å²) in [6, 6.07) is 14.4. The van der Waals surface area contributed by atoms with Gasteiger partial charge >= 0.3 is 0 Å². The van der Waals surface area contributed by atoms with Gasteiger partial charge < -0.3 is 10.6 Å². The molecule has 0 bridgehead atoms. The average molecular weight is 386 g/mol. The molecule has 0 saturated heterocycles. The highest BCUT2D eigenvalue weighted by Crippen LogP contribution is 2.26. The third-order valence-corrected chi connectivity index (χ3v) is 4.64. The van der Waals surface area contributed by atoms with Crippen molar-refractivity contribution in [2.45, 2.75) is 13.3 Å². The lowest BCUT2D eigenvalue weighted by atomic mass is 10.2. The fourth-order valence-electron chi connectivity index (χ4n) is 2.36. The molecule has 3 aromatic rings. The van der Waals surface area contributed by atoms with Crippen LogP contribution in [0.4, 0.5) is 11.4 Å². The summed E-state index contributed by atoms with van der Waals surface area (Å²) >= 11 is 7.29. The minimum Gasteiger partial charge on any atom is -0.326 e. The molecule has 0 aliphatic carbocycles. The molecule has 26 heavy (non-hydrogen) atoms. The summed E-state index contributed by atoms with van der Waals surface area (Å²) < 4.78 is 0. The van der Waals surface area contributed by atoms with Crippen LogP contribution in [0.1, 0.15) is 12.6 Å². The summed E-state index contributed by atoms with van der Waals surface area (Å²) in [7, 11) is 0. The Hall–Kier alpha value is -2.70. The van der Waals surface area contributed by atoms with Gasteiger partial charge in [-0.05, 0) is 36.4 Å². The first-order chi connectivity index (χ1) is 12.5. The third kappa shape index (κ3) is 4.91. The second-order valence-electron chi connectivity index (χ2n) is 5.64. The van der Waals surface area contributed by atoms with Gasteiger partial charge in [-0.25, -0.2) is 4.98 Å². The van der Waals surface area contributed by atoms with Crippen molar-refractivity contribution in [3.05, 3.63) is 64.6 Å². The molecule has 0 unspecified atom stereocenters. The summed E-state index contributed by atoms with van der Waals surface area (Å²) in [5, 5.41) is 8.85. The van der Waals surface area contributed by atoms with Crippen molar-refractivity contribution in [3.8, 4) is 10.6 Å². The number of aromatic nitrogens is 1. The van der Waals surface area contributed by atoms with E-state index in [-0.39, 0.29) is 18.2 Å². The van der Waals surface area contributed by atoms with Gasteiger partial charge in [-0.1, -0.05) is 23.7 Å². The molecular formula is C19H16ClN3O2S. The molecule has 2 amide bonds. The Bertz CT molecular complexity index is 938. The van der Waals surface area contributed by atoms with Gasteiger partial charge in [0.15, 0.2) is 0 Å². The zero-order valence-electron chi connectivity index (χ0n) is 14.0. The molecule has 0 aliphatic rings. The monoisotopic (exact) mass is 385 g/mol. The van der Waals surface area contributed by atoms with Gasteiger partial charge in [0.25, 0.3) is 0 Å². The van der Waals surface area contributed by atoms with Gasteiger partial charge in [-0.15, -0.1) is 11.3 Å². The lowest BCUT2D eigenvalue weighted by Crippen LogP contribution is -2.14. The number of carbonyl (C=O) groups is 2. The van der Waals surface area contributed by atoms with Gasteiger partial charge in [0.05, 0.1) is 12.1 Å². The van der Waals surface area contributed by atoms with E-state index in [1.807, 2.05) is 29.6 Å². The molecule has 0 spiro atoms. The number of anilines is 2. The number of nitrogens with one attached hydrogen (secondary N) is 2. The molecule has 1 heterocycles. The largest absolute Gasteiger partial charge is 0.326 e. The van der Waals surface area contributed by atoms with E-state index in [1.165, 1.54) is 18.3 Å². The average Bonchev–Trinajstić information content (AvgIpc) is 3.05. The van der Waals surface area contributed by atoms with Crippen molar-refractivity contribution in [3.63, 3.8) is 0 Å². The Morgan fingerprint density at radius 1 is 1.08 bits per heavy atom. The second kappa shape index (κ2) is 8.12. The number of benzene rings is 2. The molecule has 3 rings (SSSR count). The van der Waals surface area contributed by atoms with Crippen molar-refractivity contribution >= 4 is 46.1 Å². The van der Waals surface area contributed by atoms with Crippen LogP contribution in [0.15, 0.2) is 53.9 Å². The number of carbonyl (C=O) groups excluding carboxylic acids is 2. The third-order valence-electron chi connectivity index (χ3n) is 3.45. The van der Waals surface area contributed by atoms with Crippen molar-refractivity contribution in [2.24, 2.45) is 0 Å². The van der Waals surface area contributed by atoms with Gasteiger partial charge in [0.1, 0.15) is 5.01 Å². The lowest BCUT2D eigenvalue weighted by molar-refractivity contribution is -0.116. The fraction of sp³-hybridized carbons (Fsp3) is 0.105. The fourth-order valence-corrected chi connectivity index (χ4v) is 3.30. The summed E-state index contributed by atoms with van der Waals surface area (Å²) in [4.78, 5) is 27.9. The number of nitrogens with zero attached hydrogens (tertiary/aromatic N) is 1. The molecule has 0 fully saturated rings. The van der Waals surface area contributed by atoms with Crippen LogP contribution in [0.25, 0.3) is 10.6 Å². The minimum absolute atomic E-state index is 0.124. The lowest BCUT2D eigenvalue weighted by Gasteiger charge is -2.04. The molecule has 5 nitrogen and oxygen atoms in total. The highest BCUT2D eigenvalue weighted by Gasteiger charge is 2.10. The van der Waals surface area contributed by atoms with Gasteiger partial charge in [-0.3, -0.25) is 9.59 Å². The maximum Gasteiger partial charge on any atom is 0.230 e. The minimum atomic E-state index is -0.142. The molecule has 1 aromatic heterocycles. The van der Waals surface area contributed by atoms with E-state index >= 15 is 0 Å². The van der Waals surface area contributed by atoms with Crippen LogP contribution in [0, 0.1) is 0 Å². The van der Waals surface area contributed by atoms with Crippen molar-refractivity contribution in [1.82, 2.24) is 4.98 Å². The first-order valence-corrected chi connectivity index (χ1v) is 9.13. The molecule has 0 saturated carbocycles. The van der Waals surface area contributed by atoms with Gasteiger partial charge in [0, 0.05) is 34.3 Å². The van der Waals surface area contributed by atoms with E-state index in [0.29, 0.717) is 22.1 Å². The quantitative estimate of drug-likeness (QED) is 0.674. The summed E-state index contributed by atoms with van der Waals surface area (Å²) in [6.45, 7) is 1.47. The predicted molar refractivity (Wildman–Crippen MR) is 106 cm³/mol. The van der Waals surface area contributed by atoms with E-state index < -0.39 is 0 Å². The van der Waals surface area contributed by atoms with Crippen LogP contribution in [-0.4, -0.2) is 16.8 Å². The first-order valence-electron chi connectivity index (χ1n) is 7.87. The zero-order chi connectivity index (χ0) is 18.5. The number of halogens is 1.